The Bertz CT molecular complexity index is 1320. The minimum absolute atomic E-state index is 0.0762. The van der Waals surface area contributed by atoms with Gasteiger partial charge in [0.15, 0.2) is 5.13 Å². The number of nitrogens with zero attached hydrogens (tertiary/aromatic N) is 4. The number of alkyl halides is 3. The molecule has 4 aromatic rings. The number of halogens is 3. The molecule has 0 saturated carbocycles. The lowest BCUT2D eigenvalue weighted by atomic mass is 10.2. The van der Waals surface area contributed by atoms with Crippen LogP contribution >= 0.6 is 11.3 Å². The Morgan fingerprint density at radius 1 is 1.22 bits per heavy atom. The van der Waals surface area contributed by atoms with Gasteiger partial charge in [-0.15, -0.1) is 0 Å². The van der Waals surface area contributed by atoms with Crippen molar-refractivity contribution in [2.24, 2.45) is 0 Å². The number of aromatic amines is 1. The van der Waals surface area contributed by atoms with Crippen LogP contribution in [0.15, 0.2) is 43.0 Å². The highest BCUT2D eigenvalue weighted by atomic mass is 32.1. The van der Waals surface area contributed by atoms with Crippen LogP contribution in [0.3, 0.4) is 0 Å². The molecule has 4 rings (SSSR count). The van der Waals surface area contributed by atoms with Crippen molar-refractivity contribution in [3.8, 4) is 6.07 Å². The molecule has 0 aliphatic carbocycles. The van der Waals surface area contributed by atoms with Crippen LogP contribution in [0.4, 0.5) is 24.0 Å². The molecule has 0 aliphatic heterocycles. The molecule has 1 aromatic carbocycles. The summed E-state index contributed by atoms with van der Waals surface area (Å²) in [6.07, 6.45) is -0.140. The van der Waals surface area contributed by atoms with Gasteiger partial charge in [0.2, 0.25) is 0 Å². The quantitative estimate of drug-likeness (QED) is 0.405. The Labute approximate surface area is 183 Å². The van der Waals surface area contributed by atoms with Gasteiger partial charge in [0.05, 0.1) is 22.6 Å². The zero-order chi connectivity index (χ0) is 22.9. The fourth-order valence-corrected chi connectivity index (χ4v) is 3.81. The van der Waals surface area contributed by atoms with Crippen molar-refractivity contribution in [2.75, 3.05) is 5.32 Å². The molecular formula is C20H14F3N7OS. The van der Waals surface area contributed by atoms with Gasteiger partial charge in [0, 0.05) is 23.0 Å². The summed E-state index contributed by atoms with van der Waals surface area (Å²) in [6.45, 7) is 1.76. The first-order valence-corrected chi connectivity index (χ1v) is 10.0. The summed E-state index contributed by atoms with van der Waals surface area (Å²) in [6, 6.07) is 6.17. The van der Waals surface area contributed by atoms with E-state index in [1.165, 1.54) is 36.0 Å². The second kappa shape index (κ2) is 8.27. The molecule has 8 nitrogen and oxygen atoms in total. The monoisotopic (exact) mass is 457 g/mol. The Kier molecular flexibility index (Phi) is 5.50. The third kappa shape index (κ3) is 4.23. The van der Waals surface area contributed by atoms with E-state index in [2.05, 4.69) is 30.6 Å². The molecule has 162 valence electrons. The molecule has 0 fully saturated rings. The summed E-state index contributed by atoms with van der Waals surface area (Å²) in [5.41, 5.74) is 0.442. The SMILES string of the molecule is CC(NC(=O)c1ncnc2[nH]cc(C#N)c12)c1cnc(Nc2ccc(C(F)(F)F)cc2)s1. The van der Waals surface area contributed by atoms with E-state index in [1.807, 2.05) is 6.07 Å². The Balaban J connectivity index is 1.46. The van der Waals surface area contributed by atoms with Crippen LogP contribution in [0.1, 0.15) is 39.5 Å². The number of thiazole rings is 1. The summed E-state index contributed by atoms with van der Waals surface area (Å²) >= 11 is 1.25. The van der Waals surface area contributed by atoms with Gasteiger partial charge in [0.25, 0.3) is 5.91 Å². The maximum absolute atomic E-state index is 12.8. The first kappa shape index (κ1) is 21.3. The van der Waals surface area contributed by atoms with E-state index in [0.29, 0.717) is 26.7 Å². The summed E-state index contributed by atoms with van der Waals surface area (Å²) in [4.78, 5) is 28.6. The normalized spacial score (nSPS) is 12.3. The van der Waals surface area contributed by atoms with Gasteiger partial charge in [0.1, 0.15) is 23.7 Å². The van der Waals surface area contributed by atoms with E-state index in [0.717, 1.165) is 12.1 Å². The predicted octanol–water partition coefficient (Wildman–Crippen LogP) is 4.54. The number of fused-ring (bicyclic) bond motifs is 1. The number of aromatic nitrogens is 4. The lowest BCUT2D eigenvalue weighted by molar-refractivity contribution is -0.137. The molecule has 1 atom stereocenters. The number of nitrogens with one attached hydrogen (secondary N) is 3. The van der Waals surface area contributed by atoms with Gasteiger partial charge in [-0.3, -0.25) is 4.79 Å². The van der Waals surface area contributed by atoms with Crippen LogP contribution < -0.4 is 10.6 Å². The molecule has 0 radical (unpaired) electrons. The van der Waals surface area contributed by atoms with Crippen LogP contribution in [0.5, 0.6) is 0 Å². The highest BCUT2D eigenvalue weighted by Crippen LogP contribution is 2.31. The fraction of sp³-hybridized carbons (Fsp3) is 0.150. The molecule has 12 heteroatoms. The van der Waals surface area contributed by atoms with Crippen molar-refractivity contribution in [2.45, 2.75) is 19.1 Å². The smallest absolute Gasteiger partial charge is 0.345 e. The largest absolute Gasteiger partial charge is 0.416 e. The number of carbonyl (C=O) groups is 1. The zero-order valence-corrected chi connectivity index (χ0v) is 17.2. The van der Waals surface area contributed by atoms with Gasteiger partial charge < -0.3 is 15.6 Å². The number of H-pyrrole nitrogens is 1. The van der Waals surface area contributed by atoms with E-state index < -0.39 is 23.7 Å². The van der Waals surface area contributed by atoms with Crippen LogP contribution in [-0.2, 0) is 6.18 Å². The fourth-order valence-electron chi connectivity index (χ4n) is 2.97. The van der Waals surface area contributed by atoms with Crippen LogP contribution in [-0.4, -0.2) is 25.8 Å². The molecule has 32 heavy (non-hydrogen) atoms. The highest BCUT2D eigenvalue weighted by molar-refractivity contribution is 7.15. The molecular weight excluding hydrogens is 443 g/mol. The summed E-state index contributed by atoms with van der Waals surface area (Å²) < 4.78 is 38.1. The van der Waals surface area contributed by atoms with Crippen molar-refractivity contribution in [1.29, 1.82) is 5.26 Å². The molecule has 3 heterocycles. The lowest BCUT2D eigenvalue weighted by Gasteiger charge is -2.12. The predicted molar refractivity (Wildman–Crippen MR) is 111 cm³/mol. The number of hydrogen-bond donors (Lipinski definition) is 3. The van der Waals surface area contributed by atoms with Crippen molar-refractivity contribution in [1.82, 2.24) is 25.3 Å². The van der Waals surface area contributed by atoms with Crippen LogP contribution in [0.2, 0.25) is 0 Å². The first-order chi connectivity index (χ1) is 15.3. The number of hydrogen-bond acceptors (Lipinski definition) is 7. The number of anilines is 2. The van der Waals surface area contributed by atoms with Crippen molar-refractivity contribution in [3.05, 3.63) is 64.7 Å². The van der Waals surface area contributed by atoms with E-state index in [9.17, 15) is 23.2 Å². The summed E-state index contributed by atoms with van der Waals surface area (Å²) in [5, 5.41) is 15.8. The second-order valence-electron chi connectivity index (χ2n) is 6.72. The standard InChI is InChI=1S/C20H14F3N7OS/c1-10(29-18(31)16-15-11(6-24)7-25-17(15)28-9-27-16)14-8-26-19(32-14)30-13-4-2-12(3-5-13)20(21,22)23/h2-5,7-10H,1H3,(H,26,30)(H,29,31)(H,25,27,28). The number of carbonyl (C=O) groups excluding carboxylic acids is 1. The number of rotatable bonds is 5. The molecule has 1 unspecified atom stereocenters. The molecule has 0 aliphatic rings. The van der Waals surface area contributed by atoms with Gasteiger partial charge in [-0.2, -0.15) is 18.4 Å². The zero-order valence-electron chi connectivity index (χ0n) is 16.4. The maximum atomic E-state index is 12.8. The first-order valence-electron chi connectivity index (χ1n) is 9.19. The van der Waals surface area contributed by atoms with Crippen LogP contribution in [0.25, 0.3) is 11.0 Å². The van der Waals surface area contributed by atoms with Gasteiger partial charge >= 0.3 is 6.18 Å². The van der Waals surface area contributed by atoms with Crippen molar-refractivity contribution < 1.29 is 18.0 Å². The van der Waals surface area contributed by atoms with Gasteiger partial charge in [-0.05, 0) is 31.2 Å². The molecule has 1 amide bonds. The maximum Gasteiger partial charge on any atom is 0.416 e. The number of amides is 1. The average Bonchev–Trinajstić information content (AvgIpc) is 3.40. The third-order valence-electron chi connectivity index (χ3n) is 4.57. The number of benzene rings is 1. The highest BCUT2D eigenvalue weighted by Gasteiger charge is 2.30. The Morgan fingerprint density at radius 3 is 2.66 bits per heavy atom. The molecule has 0 bridgehead atoms. The Hall–Kier alpha value is -3.98. The number of nitriles is 1. The van der Waals surface area contributed by atoms with Gasteiger partial charge in [-0.25, -0.2) is 15.0 Å². The van der Waals surface area contributed by atoms with E-state index in [1.54, 1.807) is 13.1 Å². The minimum Gasteiger partial charge on any atom is -0.345 e. The van der Waals surface area contributed by atoms with E-state index >= 15 is 0 Å². The van der Waals surface area contributed by atoms with Crippen LogP contribution in [0, 0.1) is 11.3 Å². The molecule has 3 N–H and O–H groups in total. The molecule has 0 saturated heterocycles. The van der Waals surface area contributed by atoms with E-state index in [4.69, 9.17) is 0 Å². The van der Waals surface area contributed by atoms with Crippen molar-refractivity contribution >= 4 is 39.1 Å². The molecule has 0 spiro atoms. The topological polar surface area (TPSA) is 119 Å². The third-order valence-corrected chi connectivity index (χ3v) is 5.66. The summed E-state index contributed by atoms with van der Waals surface area (Å²) in [7, 11) is 0. The van der Waals surface area contributed by atoms with E-state index in [-0.39, 0.29) is 11.3 Å². The van der Waals surface area contributed by atoms with Gasteiger partial charge in [-0.1, -0.05) is 11.3 Å². The minimum atomic E-state index is -4.40. The summed E-state index contributed by atoms with van der Waals surface area (Å²) in [5.74, 6) is -0.480. The Morgan fingerprint density at radius 2 is 1.97 bits per heavy atom. The molecule has 3 aromatic heterocycles. The second-order valence-corrected chi connectivity index (χ2v) is 7.79. The lowest BCUT2D eigenvalue weighted by Crippen LogP contribution is -2.27. The van der Waals surface area contributed by atoms with Crippen molar-refractivity contribution in [3.63, 3.8) is 0 Å². The average molecular weight is 457 g/mol.